The number of carbonyl (C=O) groups is 2. The van der Waals surface area contributed by atoms with Crippen LogP contribution in [-0.2, 0) is 9.53 Å². The number of carbonyl (C=O) groups excluding carboxylic acids is 2. The topological polar surface area (TPSA) is 73.2 Å². The van der Waals surface area contributed by atoms with E-state index < -0.39 is 12.0 Å². The van der Waals surface area contributed by atoms with Crippen molar-refractivity contribution in [2.24, 2.45) is 0 Å². The van der Waals surface area contributed by atoms with Crippen molar-refractivity contribution in [3.8, 4) is 0 Å². The molecule has 1 N–H and O–H groups in total. The number of ether oxygens (including phenoxy) is 1. The Kier molecular flexibility index (Phi) is 3.79. The number of amides is 1. The molecule has 1 heterocycles. The number of aromatic nitrogens is 2. The SMILES string of the molecule is CCOC(=O)CNC(=O)n1nc(C)c2ccccc21. The zero-order chi connectivity index (χ0) is 13.8. The van der Waals surface area contributed by atoms with Gasteiger partial charge < -0.3 is 10.1 Å². The minimum atomic E-state index is -0.468. The number of hydrogen-bond acceptors (Lipinski definition) is 4. The third kappa shape index (κ3) is 2.73. The van der Waals surface area contributed by atoms with Crippen molar-refractivity contribution in [2.75, 3.05) is 13.2 Å². The van der Waals surface area contributed by atoms with Crippen LogP contribution in [0.25, 0.3) is 10.9 Å². The van der Waals surface area contributed by atoms with Gasteiger partial charge in [-0.15, -0.1) is 0 Å². The molecule has 6 nitrogen and oxygen atoms in total. The van der Waals surface area contributed by atoms with E-state index in [1.165, 1.54) is 4.68 Å². The molecule has 6 heteroatoms. The van der Waals surface area contributed by atoms with E-state index in [0.29, 0.717) is 12.1 Å². The van der Waals surface area contributed by atoms with Crippen LogP contribution in [0.5, 0.6) is 0 Å². The van der Waals surface area contributed by atoms with Crippen molar-refractivity contribution in [3.63, 3.8) is 0 Å². The molecule has 0 saturated heterocycles. The first-order valence-electron chi connectivity index (χ1n) is 6.01. The Bertz CT molecular complexity index is 619. The van der Waals surface area contributed by atoms with Crippen molar-refractivity contribution in [1.29, 1.82) is 0 Å². The van der Waals surface area contributed by atoms with Gasteiger partial charge in [0.05, 0.1) is 17.8 Å². The molecule has 0 fully saturated rings. The highest BCUT2D eigenvalue weighted by atomic mass is 16.5. The van der Waals surface area contributed by atoms with Crippen LogP contribution in [0.2, 0.25) is 0 Å². The van der Waals surface area contributed by atoms with E-state index >= 15 is 0 Å². The van der Waals surface area contributed by atoms with Gasteiger partial charge in [-0.3, -0.25) is 4.79 Å². The molecule has 0 atom stereocenters. The maximum Gasteiger partial charge on any atom is 0.343 e. The van der Waals surface area contributed by atoms with Crippen LogP contribution in [0.3, 0.4) is 0 Å². The van der Waals surface area contributed by atoms with Gasteiger partial charge in [0, 0.05) is 5.39 Å². The molecule has 0 bridgehead atoms. The lowest BCUT2D eigenvalue weighted by molar-refractivity contribution is -0.141. The number of rotatable bonds is 3. The van der Waals surface area contributed by atoms with E-state index in [-0.39, 0.29) is 6.54 Å². The van der Waals surface area contributed by atoms with Crippen LogP contribution in [0, 0.1) is 6.92 Å². The predicted octanol–water partition coefficient (Wildman–Crippen LogP) is 1.47. The quantitative estimate of drug-likeness (QED) is 0.849. The fraction of sp³-hybridized carbons (Fsp3) is 0.308. The Hall–Kier alpha value is -2.37. The van der Waals surface area contributed by atoms with E-state index in [9.17, 15) is 9.59 Å². The van der Waals surface area contributed by atoms with E-state index in [0.717, 1.165) is 11.1 Å². The summed E-state index contributed by atoms with van der Waals surface area (Å²) in [5, 5.41) is 7.55. The van der Waals surface area contributed by atoms with Crippen molar-refractivity contribution in [1.82, 2.24) is 15.1 Å². The van der Waals surface area contributed by atoms with Gasteiger partial charge in [-0.2, -0.15) is 9.78 Å². The minimum absolute atomic E-state index is 0.167. The van der Waals surface area contributed by atoms with Gasteiger partial charge in [0.2, 0.25) is 0 Å². The summed E-state index contributed by atoms with van der Waals surface area (Å²) < 4.78 is 5.99. The Balaban J connectivity index is 2.16. The number of fused-ring (bicyclic) bond motifs is 1. The summed E-state index contributed by atoms with van der Waals surface area (Å²) in [6, 6.07) is 6.97. The Morgan fingerprint density at radius 2 is 2.11 bits per heavy atom. The van der Waals surface area contributed by atoms with Gasteiger partial charge in [0.15, 0.2) is 0 Å². The van der Waals surface area contributed by atoms with Gasteiger partial charge in [-0.05, 0) is 19.9 Å². The largest absolute Gasteiger partial charge is 0.465 e. The molecule has 0 aliphatic rings. The lowest BCUT2D eigenvalue weighted by Gasteiger charge is -2.05. The standard InChI is InChI=1S/C13H15N3O3/c1-3-19-12(17)8-14-13(18)16-11-7-5-4-6-10(11)9(2)15-16/h4-7H,3,8H2,1-2H3,(H,14,18). The summed E-state index contributed by atoms with van der Waals surface area (Å²) in [5.74, 6) is -0.468. The molecule has 0 spiro atoms. The first-order valence-corrected chi connectivity index (χ1v) is 6.01. The molecule has 0 aliphatic carbocycles. The smallest absolute Gasteiger partial charge is 0.343 e. The number of hydrogen-bond donors (Lipinski definition) is 1. The lowest BCUT2D eigenvalue weighted by atomic mass is 10.2. The molecular formula is C13H15N3O3. The van der Waals surface area contributed by atoms with Crippen LogP contribution in [-0.4, -0.2) is 34.9 Å². The van der Waals surface area contributed by atoms with Gasteiger partial charge in [0.1, 0.15) is 6.54 Å². The Labute approximate surface area is 110 Å². The first kappa shape index (κ1) is 13.1. The maximum atomic E-state index is 12.0. The van der Waals surface area contributed by atoms with Gasteiger partial charge in [-0.1, -0.05) is 18.2 Å². The van der Waals surface area contributed by atoms with Gasteiger partial charge in [0.25, 0.3) is 0 Å². The Morgan fingerprint density at radius 3 is 2.84 bits per heavy atom. The lowest BCUT2D eigenvalue weighted by Crippen LogP contribution is -2.34. The minimum Gasteiger partial charge on any atom is -0.465 e. The van der Waals surface area contributed by atoms with Crippen LogP contribution >= 0.6 is 0 Å². The highest BCUT2D eigenvalue weighted by Crippen LogP contribution is 2.16. The number of benzene rings is 1. The molecule has 1 aromatic heterocycles. The van der Waals surface area contributed by atoms with E-state index in [2.05, 4.69) is 10.4 Å². The molecule has 2 aromatic rings. The second-order valence-electron chi connectivity index (χ2n) is 3.98. The third-order valence-electron chi connectivity index (χ3n) is 2.65. The molecule has 0 radical (unpaired) electrons. The fourth-order valence-electron chi connectivity index (χ4n) is 1.81. The van der Waals surface area contributed by atoms with Crippen LogP contribution < -0.4 is 5.32 Å². The predicted molar refractivity (Wildman–Crippen MR) is 69.9 cm³/mol. The van der Waals surface area contributed by atoms with Crippen molar-refractivity contribution in [3.05, 3.63) is 30.0 Å². The van der Waals surface area contributed by atoms with Crippen LogP contribution in [0.1, 0.15) is 12.6 Å². The second kappa shape index (κ2) is 5.51. The molecule has 1 aromatic carbocycles. The molecule has 100 valence electrons. The third-order valence-corrected chi connectivity index (χ3v) is 2.65. The zero-order valence-electron chi connectivity index (χ0n) is 10.8. The number of esters is 1. The molecular weight excluding hydrogens is 246 g/mol. The molecule has 0 saturated carbocycles. The van der Waals surface area contributed by atoms with Crippen molar-refractivity contribution < 1.29 is 14.3 Å². The molecule has 19 heavy (non-hydrogen) atoms. The van der Waals surface area contributed by atoms with E-state index in [1.54, 1.807) is 13.0 Å². The Morgan fingerprint density at radius 1 is 1.37 bits per heavy atom. The summed E-state index contributed by atoms with van der Waals surface area (Å²) in [6.07, 6.45) is 0. The summed E-state index contributed by atoms with van der Waals surface area (Å²) in [7, 11) is 0. The van der Waals surface area contributed by atoms with Crippen LogP contribution in [0.15, 0.2) is 24.3 Å². The average molecular weight is 261 g/mol. The van der Waals surface area contributed by atoms with Crippen molar-refractivity contribution >= 4 is 22.9 Å². The normalized spacial score (nSPS) is 10.4. The summed E-state index contributed by atoms with van der Waals surface area (Å²) in [4.78, 5) is 23.1. The first-order chi connectivity index (χ1) is 9.13. The number of nitrogens with zero attached hydrogens (tertiary/aromatic N) is 2. The molecule has 0 unspecified atom stereocenters. The summed E-state index contributed by atoms with van der Waals surface area (Å²) in [6.45, 7) is 3.67. The highest BCUT2D eigenvalue weighted by molar-refractivity contribution is 5.92. The highest BCUT2D eigenvalue weighted by Gasteiger charge is 2.13. The molecule has 2 rings (SSSR count). The maximum absolute atomic E-state index is 12.0. The second-order valence-corrected chi connectivity index (χ2v) is 3.98. The summed E-state index contributed by atoms with van der Waals surface area (Å²) in [5.41, 5.74) is 1.48. The molecule has 0 aliphatic heterocycles. The fourth-order valence-corrected chi connectivity index (χ4v) is 1.81. The monoisotopic (exact) mass is 261 g/mol. The van der Waals surface area contributed by atoms with Gasteiger partial charge >= 0.3 is 12.0 Å². The zero-order valence-corrected chi connectivity index (χ0v) is 10.8. The van der Waals surface area contributed by atoms with E-state index in [1.807, 2.05) is 25.1 Å². The van der Waals surface area contributed by atoms with Crippen molar-refractivity contribution in [2.45, 2.75) is 13.8 Å². The molecule has 1 amide bonds. The number of para-hydroxylation sites is 1. The van der Waals surface area contributed by atoms with Gasteiger partial charge in [-0.25, -0.2) is 4.79 Å². The van der Waals surface area contributed by atoms with E-state index in [4.69, 9.17) is 4.74 Å². The number of aryl methyl sites for hydroxylation is 1. The average Bonchev–Trinajstić information content (AvgIpc) is 2.75. The van der Waals surface area contributed by atoms with Crippen LogP contribution in [0.4, 0.5) is 4.79 Å². The summed E-state index contributed by atoms with van der Waals surface area (Å²) >= 11 is 0. The number of nitrogens with one attached hydrogen (secondary N) is 1.